The van der Waals surface area contributed by atoms with Crippen molar-refractivity contribution in [2.24, 2.45) is 11.7 Å². The molecule has 0 aliphatic heterocycles. The van der Waals surface area contributed by atoms with Crippen LogP contribution in [0.2, 0.25) is 0 Å². The zero-order valence-corrected chi connectivity index (χ0v) is 12.4. The van der Waals surface area contributed by atoms with Gasteiger partial charge in [-0.2, -0.15) is 0 Å². The molecule has 0 aliphatic carbocycles. The van der Waals surface area contributed by atoms with Crippen molar-refractivity contribution in [3.63, 3.8) is 0 Å². The molecule has 0 aliphatic rings. The molecular formula is C15H24N2O3. The fourth-order valence-corrected chi connectivity index (χ4v) is 1.88. The maximum absolute atomic E-state index is 11.2. The largest absolute Gasteiger partial charge is 0.490 e. The standard InChI is InChI=1S/C15H24N2O3/c1-4-19-12-7-5-6-8-13(12)20-10-9-17-14(11(2)3)15(16)18/h5-8,11,14,17H,4,9-10H2,1-3H3,(H2,16,18). The van der Waals surface area contributed by atoms with Crippen molar-refractivity contribution in [3.05, 3.63) is 24.3 Å². The van der Waals surface area contributed by atoms with E-state index < -0.39 is 0 Å². The van der Waals surface area contributed by atoms with Crippen LogP contribution in [0, 0.1) is 5.92 Å². The lowest BCUT2D eigenvalue weighted by molar-refractivity contribution is -0.121. The van der Waals surface area contributed by atoms with Crippen LogP contribution in [0.3, 0.4) is 0 Å². The molecule has 0 radical (unpaired) electrons. The van der Waals surface area contributed by atoms with Crippen LogP contribution >= 0.6 is 0 Å². The summed E-state index contributed by atoms with van der Waals surface area (Å²) in [5, 5.41) is 3.10. The molecule has 0 saturated heterocycles. The van der Waals surface area contributed by atoms with Gasteiger partial charge in [-0.25, -0.2) is 0 Å². The number of para-hydroxylation sites is 2. The predicted octanol–water partition coefficient (Wildman–Crippen LogP) is 1.56. The second-order valence-electron chi connectivity index (χ2n) is 4.81. The number of benzene rings is 1. The van der Waals surface area contributed by atoms with Gasteiger partial charge in [0.25, 0.3) is 0 Å². The van der Waals surface area contributed by atoms with Crippen LogP contribution in [0.5, 0.6) is 11.5 Å². The Balaban J connectivity index is 2.43. The van der Waals surface area contributed by atoms with Gasteiger partial charge in [-0.15, -0.1) is 0 Å². The number of carbonyl (C=O) groups is 1. The fourth-order valence-electron chi connectivity index (χ4n) is 1.88. The number of primary amides is 1. The SMILES string of the molecule is CCOc1ccccc1OCCNC(C(N)=O)C(C)C. The van der Waals surface area contributed by atoms with E-state index in [1.165, 1.54) is 0 Å². The maximum Gasteiger partial charge on any atom is 0.234 e. The molecule has 5 heteroatoms. The minimum absolute atomic E-state index is 0.156. The van der Waals surface area contributed by atoms with Gasteiger partial charge < -0.3 is 20.5 Å². The lowest BCUT2D eigenvalue weighted by Gasteiger charge is -2.19. The van der Waals surface area contributed by atoms with Gasteiger partial charge in [0.15, 0.2) is 11.5 Å². The van der Waals surface area contributed by atoms with Crippen LogP contribution in [0.4, 0.5) is 0 Å². The average Bonchev–Trinajstić information content (AvgIpc) is 2.39. The summed E-state index contributed by atoms with van der Waals surface area (Å²) in [4.78, 5) is 11.2. The van der Waals surface area contributed by atoms with Crippen molar-refractivity contribution < 1.29 is 14.3 Å². The van der Waals surface area contributed by atoms with Gasteiger partial charge in [-0.3, -0.25) is 4.79 Å². The van der Waals surface area contributed by atoms with Crippen molar-refractivity contribution in [2.75, 3.05) is 19.8 Å². The van der Waals surface area contributed by atoms with Crippen LogP contribution < -0.4 is 20.5 Å². The molecule has 5 nitrogen and oxygen atoms in total. The minimum atomic E-state index is -0.338. The molecule has 20 heavy (non-hydrogen) atoms. The van der Waals surface area contributed by atoms with Crippen molar-refractivity contribution in [1.29, 1.82) is 0 Å². The molecule has 1 aromatic rings. The molecule has 1 unspecified atom stereocenters. The number of amides is 1. The zero-order chi connectivity index (χ0) is 15.0. The van der Waals surface area contributed by atoms with E-state index in [2.05, 4.69) is 5.32 Å². The Morgan fingerprint density at radius 3 is 2.35 bits per heavy atom. The van der Waals surface area contributed by atoms with Gasteiger partial charge in [0.1, 0.15) is 6.61 Å². The first-order chi connectivity index (χ1) is 9.56. The highest BCUT2D eigenvalue weighted by Crippen LogP contribution is 2.26. The molecule has 0 aromatic heterocycles. The van der Waals surface area contributed by atoms with Gasteiger partial charge in [0, 0.05) is 6.54 Å². The highest BCUT2D eigenvalue weighted by Gasteiger charge is 2.18. The first-order valence-corrected chi connectivity index (χ1v) is 6.93. The molecule has 3 N–H and O–H groups in total. The van der Waals surface area contributed by atoms with Gasteiger partial charge in [0.2, 0.25) is 5.91 Å². The van der Waals surface area contributed by atoms with Gasteiger partial charge in [0.05, 0.1) is 12.6 Å². The van der Waals surface area contributed by atoms with E-state index in [0.717, 1.165) is 5.75 Å². The lowest BCUT2D eigenvalue weighted by Crippen LogP contribution is -2.46. The molecule has 0 heterocycles. The summed E-state index contributed by atoms with van der Waals surface area (Å²) in [5.41, 5.74) is 5.33. The Labute approximate surface area is 120 Å². The van der Waals surface area contributed by atoms with E-state index in [1.807, 2.05) is 45.0 Å². The fraction of sp³-hybridized carbons (Fsp3) is 0.533. The number of rotatable bonds is 9. The Morgan fingerprint density at radius 2 is 1.85 bits per heavy atom. The Hall–Kier alpha value is -1.75. The molecule has 1 aromatic carbocycles. The molecule has 1 rings (SSSR count). The Kier molecular flexibility index (Phi) is 6.87. The molecule has 0 saturated carbocycles. The third kappa shape index (κ3) is 5.09. The molecule has 0 bridgehead atoms. The third-order valence-corrected chi connectivity index (χ3v) is 2.85. The minimum Gasteiger partial charge on any atom is -0.490 e. The van der Waals surface area contributed by atoms with Crippen LogP contribution in [0.1, 0.15) is 20.8 Å². The highest BCUT2D eigenvalue weighted by atomic mass is 16.5. The van der Waals surface area contributed by atoms with Gasteiger partial charge in [-0.1, -0.05) is 26.0 Å². The van der Waals surface area contributed by atoms with Crippen LogP contribution in [0.25, 0.3) is 0 Å². The zero-order valence-electron chi connectivity index (χ0n) is 12.4. The topological polar surface area (TPSA) is 73.6 Å². The summed E-state index contributed by atoms with van der Waals surface area (Å²) < 4.78 is 11.1. The van der Waals surface area contributed by atoms with E-state index in [1.54, 1.807) is 0 Å². The second kappa shape index (κ2) is 8.43. The third-order valence-electron chi connectivity index (χ3n) is 2.85. The summed E-state index contributed by atoms with van der Waals surface area (Å²) >= 11 is 0. The molecule has 112 valence electrons. The first-order valence-electron chi connectivity index (χ1n) is 6.93. The summed E-state index contributed by atoms with van der Waals surface area (Å²) in [6.07, 6.45) is 0. The van der Waals surface area contributed by atoms with E-state index in [0.29, 0.717) is 25.5 Å². The predicted molar refractivity (Wildman–Crippen MR) is 78.9 cm³/mol. The molecule has 1 amide bonds. The summed E-state index contributed by atoms with van der Waals surface area (Å²) in [6.45, 7) is 7.42. The number of nitrogens with two attached hydrogens (primary N) is 1. The maximum atomic E-state index is 11.2. The Morgan fingerprint density at radius 1 is 1.25 bits per heavy atom. The van der Waals surface area contributed by atoms with Crippen LogP contribution in [-0.4, -0.2) is 31.7 Å². The van der Waals surface area contributed by atoms with Crippen molar-refractivity contribution in [3.8, 4) is 11.5 Å². The number of nitrogens with one attached hydrogen (secondary N) is 1. The van der Waals surface area contributed by atoms with E-state index in [4.69, 9.17) is 15.2 Å². The summed E-state index contributed by atoms with van der Waals surface area (Å²) in [6, 6.07) is 7.19. The highest BCUT2D eigenvalue weighted by molar-refractivity contribution is 5.80. The summed E-state index contributed by atoms with van der Waals surface area (Å²) in [5.74, 6) is 1.25. The Bertz CT molecular complexity index is 421. The van der Waals surface area contributed by atoms with Crippen LogP contribution in [-0.2, 0) is 4.79 Å². The molecule has 1 atom stereocenters. The second-order valence-corrected chi connectivity index (χ2v) is 4.81. The van der Waals surface area contributed by atoms with E-state index in [-0.39, 0.29) is 17.9 Å². The van der Waals surface area contributed by atoms with Crippen molar-refractivity contribution >= 4 is 5.91 Å². The molecule has 0 spiro atoms. The summed E-state index contributed by atoms with van der Waals surface area (Å²) in [7, 11) is 0. The normalized spacial score (nSPS) is 12.2. The number of carbonyl (C=O) groups excluding carboxylic acids is 1. The quantitative estimate of drug-likeness (QED) is 0.673. The number of ether oxygens (including phenoxy) is 2. The first kappa shape index (κ1) is 16.3. The monoisotopic (exact) mass is 280 g/mol. The smallest absolute Gasteiger partial charge is 0.234 e. The average molecular weight is 280 g/mol. The number of hydrogen-bond donors (Lipinski definition) is 2. The lowest BCUT2D eigenvalue weighted by atomic mass is 10.0. The van der Waals surface area contributed by atoms with Gasteiger partial charge >= 0.3 is 0 Å². The molecule has 0 fully saturated rings. The van der Waals surface area contributed by atoms with Crippen molar-refractivity contribution in [2.45, 2.75) is 26.8 Å². The van der Waals surface area contributed by atoms with Gasteiger partial charge in [-0.05, 0) is 25.0 Å². The van der Waals surface area contributed by atoms with E-state index >= 15 is 0 Å². The van der Waals surface area contributed by atoms with E-state index in [9.17, 15) is 4.79 Å². The van der Waals surface area contributed by atoms with Crippen LogP contribution in [0.15, 0.2) is 24.3 Å². The molecular weight excluding hydrogens is 256 g/mol. The number of hydrogen-bond acceptors (Lipinski definition) is 4. The van der Waals surface area contributed by atoms with Crippen molar-refractivity contribution in [1.82, 2.24) is 5.32 Å².